The Balaban J connectivity index is 1.25. The van der Waals surface area contributed by atoms with Crippen LogP contribution in [-0.4, -0.2) is 37.7 Å². The van der Waals surface area contributed by atoms with Crippen LogP contribution in [0.25, 0.3) is 0 Å². The molecule has 0 aromatic carbocycles. The molecule has 4 bridgehead atoms. The number of rotatable bonds is 6. The van der Waals surface area contributed by atoms with Gasteiger partial charge in [-0.25, -0.2) is 14.6 Å². The Labute approximate surface area is 156 Å². The van der Waals surface area contributed by atoms with Crippen molar-refractivity contribution in [3.05, 3.63) is 24.2 Å². The Hall–Kier alpha value is -1.80. The Morgan fingerprint density at radius 2 is 2.15 bits per heavy atom. The summed E-state index contributed by atoms with van der Waals surface area (Å²) in [6.07, 6.45) is 13.1. The third kappa shape index (κ3) is 2.85. The van der Waals surface area contributed by atoms with Crippen LogP contribution in [0.5, 0.6) is 0 Å². The van der Waals surface area contributed by atoms with Crippen molar-refractivity contribution in [2.45, 2.75) is 56.0 Å². The molecule has 0 spiro atoms. The molecule has 8 heteroatoms. The number of thiazole rings is 1. The van der Waals surface area contributed by atoms with E-state index in [1.807, 2.05) is 11.7 Å². The molecule has 4 saturated carbocycles. The number of nitrogens with one attached hydrogen (secondary N) is 2. The Bertz CT molecular complexity index is 760. The first-order chi connectivity index (χ1) is 12.6. The first-order valence-corrected chi connectivity index (χ1v) is 10.3. The van der Waals surface area contributed by atoms with Gasteiger partial charge >= 0.3 is 0 Å². The van der Waals surface area contributed by atoms with E-state index >= 15 is 0 Å². The molecule has 6 rings (SSSR count). The van der Waals surface area contributed by atoms with E-state index in [0.717, 1.165) is 18.3 Å². The zero-order valence-corrected chi connectivity index (χ0v) is 15.5. The second-order valence-electron chi connectivity index (χ2n) is 8.37. The number of hydrogen-bond acceptors (Lipinski definition) is 6. The van der Waals surface area contributed by atoms with Crippen LogP contribution >= 0.6 is 11.3 Å². The smallest absolute Gasteiger partial charge is 0.227 e. The van der Waals surface area contributed by atoms with E-state index in [1.165, 1.54) is 43.4 Å². The molecule has 0 saturated heterocycles. The molecule has 4 fully saturated rings. The number of nitrogens with zero attached hydrogens (tertiary/aromatic N) is 4. The van der Waals surface area contributed by atoms with Gasteiger partial charge in [0.05, 0.1) is 5.54 Å². The van der Waals surface area contributed by atoms with E-state index in [1.54, 1.807) is 12.5 Å². The molecule has 4 aliphatic carbocycles. The van der Waals surface area contributed by atoms with Gasteiger partial charge in [-0.2, -0.15) is 5.10 Å². The number of carbonyl (C=O) groups is 1. The maximum atomic E-state index is 12.1. The quantitative estimate of drug-likeness (QED) is 0.813. The van der Waals surface area contributed by atoms with Crippen LogP contribution in [0.15, 0.2) is 24.2 Å². The molecule has 2 unspecified atom stereocenters. The highest BCUT2D eigenvalue weighted by atomic mass is 32.1. The van der Waals surface area contributed by atoms with Crippen LogP contribution in [0.3, 0.4) is 0 Å². The van der Waals surface area contributed by atoms with Crippen molar-refractivity contribution >= 4 is 22.4 Å². The topological polar surface area (TPSA) is 84.7 Å². The van der Waals surface area contributed by atoms with Crippen molar-refractivity contribution in [2.75, 3.05) is 11.9 Å². The van der Waals surface area contributed by atoms with Gasteiger partial charge in [-0.15, -0.1) is 11.3 Å². The van der Waals surface area contributed by atoms with Gasteiger partial charge in [-0.05, 0) is 50.4 Å². The Kier molecular flexibility index (Phi) is 3.86. The second-order valence-corrected chi connectivity index (χ2v) is 9.26. The Morgan fingerprint density at radius 3 is 2.85 bits per heavy atom. The molecular formula is C18H24N6OS. The summed E-state index contributed by atoms with van der Waals surface area (Å²) >= 11 is 1.45. The average Bonchev–Trinajstić information content (AvgIpc) is 3.27. The van der Waals surface area contributed by atoms with Crippen molar-refractivity contribution in [1.29, 1.82) is 0 Å². The molecule has 138 valence electrons. The van der Waals surface area contributed by atoms with Crippen LogP contribution in [0, 0.1) is 11.8 Å². The standard InChI is InChI=1S/C18H24N6OS/c25-15(23-16-20-3-4-26-16)1-2-21-17-6-13-5-14(7-17)9-18(8-13,10-17)24-12-19-11-22-24/h3-4,11-14,21H,1-2,5-10H2,(H,20,23,25)/t13-,14+,17?,18?. The molecule has 2 N–H and O–H groups in total. The molecule has 4 aliphatic rings. The monoisotopic (exact) mass is 372 g/mol. The van der Waals surface area contributed by atoms with E-state index in [4.69, 9.17) is 0 Å². The van der Waals surface area contributed by atoms with Crippen LogP contribution in [0.2, 0.25) is 0 Å². The zero-order valence-electron chi connectivity index (χ0n) is 14.7. The van der Waals surface area contributed by atoms with Crippen LogP contribution in [0.4, 0.5) is 5.13 Å². The molecule has 1 amide bonds. The summed E-state index contributed by atoms with van der Waals surface area (Å²) in [5, 5.41) is 13.7. The van der Waals surface area contributed by atoms with Gasteiger partial charge < -0.3 is 10.6 Å². The van der Waals surface area contributed by atoms with E-state index in [2.05, 4.69) is 30.4 Å². The fraction of sp³-hybridized carbons (Fsp3) is 0.667. The van der Waals surface area contributed by atoms with Gasteiger partial charge in [0.25, 0.3) is 0 Å². The molecule has 0 radical (unpaired) electrons. The number of aromatic nitrogens is 4. The number of hydrogen-bond donors (Lipinski definition) is 2. The summed E-state index contributed by atoms with van der Waals surface area (Å²) in [7, 11) is 0. The maximum absolute atomic E-state index is 12.1. The molecule has 2 aromatic rings. The normalized spacial score (nSPS) is 34.9. The van der Waals surface area contributed by atoms with Gasteiger partial charge in [0, 0.05) is 30.1 Å². The minimum atomic E-state index is 0.0307. The fourth-order valence-electron chi connectivity index (χ4n) is 6.05. The summed E-state index contributed by atoms with van der Waals surface area (Å²) in [6, 6.07) is 0. The highest BCUT2D eigenvalue weighted by Crippen LogP contribution is 2.60. The van der Waals surface area contributed by atoms with Crippen molar-refractivity contribution in [3.8, 4) is 0 Å². The van der Waals surface area contributed by atoms with Crippen molar-refractivity contribution in [1.82, 2.24) is 25.1 Å². The molecular weight excluding hydrogens is 348 g/mol. The summed E-state index contributed by atoms with van der Waals surface area (Å²) < 4.78 is 2.12. The lowest BCUT2D eigenvalue weighted by Crippen LogP contribution is -2.65. The molecule has 26 heavy (non-hydrogen) atoms. The van der Waals surface area contributed by atoms with Crippen molar-refractivity contribution < 1.29 is 4.79 Å². The van der Waals surface area contributed by atoms with Crippen LogP contribution in [0.1, 0.15) is 44.9 Å². The van der Waals surface area contributed by atoms with E-state index in [9.17, 15) is 4.79 Å². The maximum Gasteiger partial charge on any atom is 0.227 e. The predicted octanol–water partition coefficient (Wildman–Crippen LogP) is 2.40. The number of amides is 1. The number of anilines is 1. The highest BCUT2D eigenvalue weighted by molar-refractivity contribution is 7.13. The SMILES string of the molecule is O=C(CCNC12C[C@H]3C[C@@H](C1)CC(n1cncn1)(C3)C2)Nc1nccs1. The van der Waals surface area contributed by atoms with Crippen LogP contribution in [-0.2, 0) is 10.3 Å². The van der Waals surface area contributed by atoms with E-state index in [-0.39, 0.29) is 17.0 Å². The zero-order chi connectivity index (χ0) is 17.6. The molecule has 2 heterocycles. The van der Waals surface area contributed by atoms with Gasteiger partial charge in [0.1, 0.15) is 12.7 Å². The Morgan fingerprint density at radius 1 is 1.31 bits per heavy atom. The number of carbonyl (C=O) groups excluding carboxylic acids is 1. The van der Waals surface area contributed by atoms with E-state index < -0.39 is 0 Å². The van der Waals surface area contributed by atoms with E-state index in [0.29, 0.717) is 18.1 Å². The lowest BCUT2D eigenvalue weighted by atomic mass is 9.50. The fourth-order valence-corrected chi connectivity index (χ4v) is 6.60. The van der Waals surface area contributed by atoms with Gasteiger partial charge in [0.15, 0.2) is 5.13 Å². The molecule has 2 aromatic heterocycles. The molecule has 7 nitrogen and oxygen atoms in total. The largest absolute Gasteiger partial charge is 0.311 e. The predicted molar refractivity (Wildman–Crippen MR) is 98.8 cm³/mol. The van der Waals surface area contributed by atoms with Crippen molar-refractivity contribution in [2.24, 2.45) is 11.8 Å². The third-order valence-electron chi connectivity index (χ3n) is 6.47. The van der Waals surface area contributed by atoms with Crippen LogP contribution < -0.4 is 10.6 Å². The van der Waals surface area contributed by atoms with Crippen molar-refractivity contribution in [3.63, 3.8) is 0 Å². The van der Waals surface area contributed by atoms with Gasteiger partial charge in [-0.3, -0.25) is 4.79 Å². The first-order valence-electron chi connectivity index (χ1n) is 9.44. The molecule has 4 atom stereocenters. The summed E-state index contributed by atoms with van der Waals surface area (Å²) in [5.41, 5.74) is 0.272. The third-order valence-corrected chi connectivity index (χ3v) is 7.15. The lowest BCUT2D eigenvalue weighted by Gasteiger charge is -2.62. The van der Waals surface area contributed by atoms with Gasteiger partial charge in [0.2, 0.25) is 5.91 Å². The molecule has 0 aliphatic heterocycles. The average molecular weight is 372 g/mol. The minimum Gasteiger partial charge on any atom is -0.311 e. The second kappa shape index (κ2) is 6.13. The lowest BCUT2D eigenvalue weighted by molar-refractivity contribution is -0.116. The summed E-state index contributed by atoms with van der Waals surface area (Å²) in [4.78, 5) is 20.4. The van der Waals surface area contributed by atoms with Gasteiger partial charge in [-0.1, -0.05) is 0 Å². The first kappa shape index (κ1) is 16.4. The minimum absolute atomic E-state index is 0.0307. The summed E-state index contributed by atoms with van der Waals surface area (Å²) in [6.45, 7) is 0.712. The highest BCUT2D eigenvalue weighted by Gasteiger charge is 2.58. The summed E-state index contributed by atoms with van der Waals surface area (Å²) in [5.74, 6) is 1.55.